The second kappa shape index (κ2) is 10.6. The Balaban J connectivity index is 1.96. The Labute approximate surface area is 186 Å². The predicted octanol–water partition coefficient (Wildman–Crippen LogP) is 3.33. The van der Waals surface area contributed by atoms with Crippen molar-refractivity contribution in [3.63, 3.8) is 0 Å². The van der Waals surface area contributed by atoms with Crippen LogP contribution in [0.5, 0.6) is 0 Å². The number of rotatable bonds is 9. The predicted molar refractivity (Wildman–Crippen MR) is 117 cm³/mol. The largest absolute Gasteiger partial charge is 0.465 e. The highest BCUT2D eigenvalue weighted by Gasteiger charge is 2.33. The number of carbonyl (C=O) groups is 2. The number of imidazole rings is 1. The van der Waals surface area contributed by atoms with Crippen molar-refractivity contribution in [2.24, 2.45) is 5.92 Å². The van der Waals surface area contributed by atoms with E-state index in [-0.39, 0.29) is 24.9 Å². The third kappa shape index (κ3) is 5.15. The smallest absolute Gasteiger partial charge is 0.320 e. The highest BCUT2D eigenvalue weighted by molar-refractivity contribution is 6.28. The number of hydrogen-bond acceptors (Lipinski definition) is 8. The molecule has 0 aliphatic carbocycles. The molecule has 0 aromatic carbocycles. The molecule has 0 bridgehead atoms. The van der Waals surface area contributed by atoms with Crippen LogP contribution < -0.4 is 4.90 Å². The van der Waals surface area contributed by atoms with E-state index < -0.39 is 23.9 Å². The van der Waals surface area contributed by atoms with Crippen molar-refractivity contribution in [2.45, 2.75) is 45.6 Å². The van der Waals surface area contributed by atoms with E-state index in [1.54, 1.807) is 30.8 Å². The first-order valence-electron chi connectivity index (χ1n) is 10.6. The molecule has 1 saturated heterocycles. The van der Waals surface area contributed by atoms with Gasteiger partial charge >= 0.3 is 11.9 Å². The number of esters is 2. The lowest BCUT2D eigenvalue weighted by molar-refractivity contribution is -0.162. The zero-order valence-electron chi connectivity index (χ0n) is 17.9. The summed E-state index contributed by atoms with van der Waals surface area (Å²) in [5.74, 6) is -1.64. The van der Waals surface area contributed by atoms with Crippen molar-refractivity contribution in [3.8, 4) is 0 Å². The minimum atomic E-state index is -1.08. The summed E-state index contributed by atoms with van der Waals surface area (Å²) in [6, 6.07) is -0.455. The van der Waals surface area contributed by atoms with Crippen LogP contribution in [0.3, 0.4) is 0 Å². The normalized spacial score (nSPS) is 15.2. The Morgan fingerprint density at radius 1 is 1.16 bits per heavy atom. The molecular weight excluding hydrogens is 422 g/mol. The minimum Gasteiger partial charge on any atom is -0.465 e. The Morgan fingerprint density at radius 3 is 2.39 bits per heavy atom. The van der Waals surface area contributed by atoms with Gasteiger partial charge < -0.3 is 18.9 Å². The Kier molecular flexibility index (Phi) is 7.84. The van der Waals surface area contributed by atoms with E-state index in [0.717, 1.165) is 25.9 Å². The number of ether oxygens (including phenoxy) is 2. The summed E-state index contributed by atoms with van der Waals surface area (Å²) in [7, 11) is 0. The molecule has 168 valence electrons. The molecule has 1 aliphatic heterocycles. The summed E-state index contributed by atoms with van der Waals surface area (Å²) >= 11 is 6.24. The first-order chi connectivity index (χ1) is 15.0. The maximum absolute atomic E-state index is 12.4. The first-order valence-corrected chi connectivity index (χ1v) is 11.0. The maximum atomic E-state index is 12.4. The summed E-state index contributed by atoms with van der Waals surface area (Å²) in [6.45, 7) is 9.37. The van der Waals surface area contributed by atoms with Gasteiger partial charge in [0.2, 0.25) is 5.28 Å². The summed E-state index contributed by atoms with van der Waals surface area (Å²) in [5.41, 5.74) is 1.15. The number of fused-ring (bicyclic) bond motifs is 1. The van der Waals surface area contributed by atoms with Gasteiger partial charge in [-0.2, -0.15) is 9.97 Å². The Bertz CT molecular complexity index is 923. The molecule has 1 atom stereocenters. The molecule has 1 unspecified atom stereocenters. The molecule has 3 rings (SSSR count). The summed E-state index contributed by atoms with van der Waals surface area (Å²) in [5, 5.41) is 0.116. The number of hydrogen-bond donors (Lipinski definition) is 0. The first kappa shape index (κ1) is 23.0. The molecule has 10 heteroatoms. The van der Waals surface area contributed by atoms with Crippen LogP contribution in [0.2, 0.25) is 5.28 Å². The maximum Gasteiger partial charge on any atom is 0.320 e. The van der Waals surface area contributed by atoms with Crippen molar-refractivity contribution < 1.29 is 19.1 Å². The molecule has 2 aromatic heterocycles. The lowest BCUT2D eigenvalue weighted by Crippen LogP contribution is -2.31. The quantitative estimate of drug-likeness (QED) is 0.249. The van der Waals surface area contributed by atoms with Crippen LogP contribution in [0.4, 0.5) is 5.82 Å². The summed E-state index contributed by atoms with van der Waals surface area (Å²) in [6.07, 6.45) is 6.72. The van der Waals surface area contributed by atoms with E-state index in [4.69, 9.17) is 21.1 Å². The Hall–Kier alpha value is -2.68. The number of anilines is 1. The number of halogens is 1. The second-order valence-electron chi connectivity index (χ2n) is 7.28. The number of nitrogens with zero attached hydrogens (tertiary/aromatic N) is 5. The molecular formula is C21H28ClN5O4. The van der Waals surface area contributed by atoms with Crippen LogP contribution in [-0.2, 0) is 19.1 Å². The molecule has 1 fully saturated rings. The molecule has 9 nitrogen and oxygen atoms in total. The van der Waals surface area contributed by atoms with E-state index in [1.165, 1.54) is 6.42 Å². The van der Waals surface area contributed by atoms with Gasteiger partial charge in [0.1, 0.15) is 0 Å². The van der Waals surface area contributed by atoms with Crippen LogP contribution in [0.15, 0.2) is 19.0 Å². The van der Waals surface area contributed by atoms with Crippen molar-refractivity contribution >= 4 is 40.5 Å². The second-order valence-corrected chi connectivity index (χ2v) is 7.62. The van der Waals surface area contributed by atoms with Gasteiger partial charge in [0, 0.05) is 13.1 Å². The summed E-state index contributed by atoms with van der Waals surface area (Å²) < 4.78 is 11.9. The molecule has 1 aliphatic rings. The third-order valence-electron chi connectivity index (χ3n) is 5.28. The minimum absolute atomic E-state index is 0.104. The van der Waals surface area contributed by atoms with E-state index in [2.05, 4.69) is 26.4 Å². The molecule has 2 aromatic rings. The lowest BCUT2D eigenvalue weighted by atomic mass is 9.99. The lowest BCUT2D eigenvalue weighted by Gasteiger charge is -2.27. The standard InChI is InChI=1S/C21H28ClN5O4/c1-4-14(12-15(19(28)30-5-2)20(29)31-6-3)27-13-23-16-17(24-21(22)25-18(16)27)26-10-8-7-9-11-26/h4,13-15H,1,5-12H2,2-3H3. The highest BCUT2D eigenvalue weighted by atomic mass is 35.5. The van der Waals surface area contributed by atoms with Gasteiger partial charge in [-0.1, -0.05) is 6.08 Å². The monoisotopic (exact) mass is 449 g/mol. The molecule has 31 heavy (non-hydrogen) atoms. The van der Waals surface area contributed by atoms with Gasteiger partial charge in [0.25, 0.3) is 0 Å². The average Bonchev–Trinajstić information content (AvgIpc) is 3.18. The summed E-state index contributed by atoms with van der Waals surface area (Å²) in [4.78, 5) is 40.3. The highest BCUT2D eigenvalue weighted by Crippen LogP contribution is 2.30. The fraction of sp³-hybridized carbons (Fsp3) is 0.571. The zero-order chi connectivity index (χ0) is 22.4. The number of allylic oxidation sites excluding steroid dienone is 1. The molecule has 0 saturated carbocycles. The Morgan fingerprint density at radius 2 is 1.81 bits per heavy atom. The molecule has 3 heterocycles. The molecule has 0 spiro atoms. The SMILES string of the molecule is C=CC(CC(C(=O)OCC)C(=O)OCC)n1cnc2c(N3CCCCC3)nc(Cl)nc21. The fourth-order valence-electron chi connectivity index (χ4n) is 3.78. The van der Waals surface area contributed by atoms with Gasteiger partial charge in [-0.25, -0.2) is 4.98 Å². The molecule has 0 amide bonds. The number of aromatic nitrogens is 4. The van der Waals surface area contributed by atoms with E-state index in [9.17, 15) is 9.59 Å². The van der Waals surface area contributed by atoms with Crippen LogP contribution in [-0.4, -0.2) is 57.8 Å². The van der Waals surface area contributed by atoms with Crippen molar-refractivity contribution in [1.29, 1.82) is 0 Å². The van der Waals surface area contributed by atoms with Gasteiger partial charge in [-0.3, -0.25) is 9.59 Å². The average molecular weight is 450 g/mol. The van der Waals surface area contributed by atoms with Crippen LogP contribution in [0.25, 0.3) is 11.2 Å². The topological polar surface area (TPSA) is 99.4 Å². The van der Waals surface area contributed by atoms with Crippen LogP contribution >= 0.6 is 11.6 Å². The van der Waals surface area contributed by atoms with E-state index in [0.29, 0.717) is 17.0 Å². The number of piperidine rings is 1. The van der Waals surface area contributed by atoms with Gasteiger partial charge in [-0.05, 0) is 51.1 Å². The molecule has 0 N–H and O–H groups in total. The van der Waals surface area contributed by atoms with Crippen LogP contribution in [0.1, 0.15) is 45.6 Å². The van der Waals surface area contributed by atoms with E-state index in [1.807, 2.05) is 0 Å². The number of carbonyl (C=O) groups excluding carboxylic acids is 2. The third-order valence-corrected chi connectivity index (χ3v) is 5.45. The van der Waals surface area contributed by atoms with Gasteiger partial charge in [0.15, 0.2) is 22.9 Å². The van der Waals surface area contributed by atoms with Gasteiger partial charge in [-0.15, -0.1) is 6.58 Å². The van der Waals surface area contributed by atoms with Crippen molar-refractivity contribution in [2.75, 3.05) is 31.2 Å². The fourth-order valence-corrected chi connectivity index (χ4v) is 3.94. The molecule has 0 radical (unpaired) electrons. The van der Waals surface area contributed by atoms with Crippen molar-refractivity contribution in [3.05, 3.63) is 24.3 Å². The van der Waals surface area contributed by atoms with E-state index >= 15 is 0 Å². The zero-order valence-corrected chi connectivity index (χ0v) is 18.7. The van der Waals surface area contributed by atoms with Crippen molar-refractivity contribution in [1.82, 2.24) is 19.5 Å². The van der Waals surface area contributed by atoms with Crippen LogP contribution in [0, 0.1) is 5.92 Å². The van der Waals surface area contributed by atoms with Gasteiger partial charge in [0.05, 0.1) is 25.6 Å².